The molecule has 3 rings (SSSR count). The SMILES string of the molecule is NC(C(=O)NC1CC(C2CCCCCC2)NN1)c1ccccc1. The van der Waals surface area contributed by atoms with E-state index in [0.29, 0.717) is 6.04 Å². The van der Waals surface area contributed by atoms with Crippen molar-refractivity contribution in [3.8, 4) is 0 Å². The number of nitrogens with two attached hydrogens (primary N) is 1. The molecule has 0 bridgehead atoms. The van der Waals surface area contributed by atoms with E-state index in [1.54, 1.807) is 0 Å². The summed E-state index contributed by atoms with van der Waals surface area (Å²) in [5.41, 5.74) is 13.5. The van der Waals surface area contributed by atoms with Gasteiger partial charge in [-0.25, -0.2) is 5.43 Å². The fourth-order valence-electron chi connectivity index (χ4n) is 3.77. The molecule has 1 aliphatic heterocycles. The van der Waals surface area contributed by atoms with E-state index in [-0.39, 0.29) is 12.1 Å². The van der Waals surface area contributed by atoms with Crippen LogP contribution in [0, 0.1) is 5.92 Å². The lowest BCUT2D eigenvalue weighted by Gasteiger charge is -2.21. The molecule has 1 heterocycles. The molecule has 1 aliphatic carbocycles. The van der Waals surface area contributed by atoms with Crippen molar-refractivity contribution in [2.24, 2.45) is 11.7 Å². The lowest BCUT2D eigenvalue weighted by molar-refractivity contribution is -0.123. The molecule has 126 valence electrons. The van der Waals surface area contributed by atoms with Crippen molar-refractivity contribution in [3.05, 3.63) is 35.9 Å². The number of hydrogen-bond donors (Lipinski definition) is 4. The maximum absolute atomic E-state index is 12.3. The Bertz CT molecular complexity index is 499. The Hall–Kier alpha value is -1.43. The largest absolute Gasteiger partial charge is 0.338 e. The van der Waals surface area contributed by atoms with Crippen molar-refractivity contribution in [1.82, 2.24) is 16.2 Å². The predicted octanol–water partition coefficient (Wildman–Crippen LogP) is 1.97. The molecular weight excluding hydrogens is 288 g/mol. The number of hydrogen-bond acceptors (Lipinski definition) is 4. The predicted molar refractivity (Wildman–Crippen MR) is 91.2 cm³/mol. The van der Waals surface area contributed by atoms with Crippen LogP contribution in [0.15, 0.2) is 30.3 Å². The molecule has 0 aromatic heterocycles. The summed E-state index contributed by atoms with van der Waals surface area (Å²) in [5, 5.41) is 3.02. The van der Waals surface area contributed by atoms with Crippen molar-refractivity contribution < 1.29 is 4.79 Å². The molecule has 1 saturated carbocycles. The zero-order valence-corrected chi connectivity index (χ0v) is 13.6. The van der Waals surface area contributed by atoms with E-state index in [2.05, 4.69) is 16.2 Å². The van der Waals surface area contributed by atoms with Crippen LogP contribution in [0.3, 0.4) is 0 Å². The van der Waals surface area contributed by atoms with Crippen LogP contribution in [0.2, 0.25) is 0 Å². The first kappa shape index (κ1) is 16.4. The summed E-state index contributed by atoms with van der Waals surface area (Å²) in [6.07, 6.45) is 8.87. The van der Waals surface area contributed by atoms with Crippen LogP contribution < -0.4 is 21.9 Å². The van der Waals surface area contributed by atoms with Crippen LogP contribution in [-0.2, 0) is 4.79 Å². The van der Waals surface area contributed by atoms with Gasteiger partial charge < -0.3 is 11.1 Å². The fraction of sp³-hybridized carbons (Fsp3) is 0.611. The summed E-state index contributed by atoms with van der Waals surface area (Å²) in [5.74, 6) is 0.590. The second-order valence-electron chi connectivity index (χ2n) is 6.83. The van der Waals surface area contributed by atoms with E-state index in [0.717, 1.165) is 17.9 Å². The van der Waals surface area contributed by atoms with Gasteiger partial charge >= 0.3 is 0 Å². The number of nitrogens with one attached hydrogen (secondary N) is 3. The number of benzene rings is 1. The van der Waals surface area contributed by atoms with Gasteiger partial charge in [-0.1, -0.05) is 56.0 Å². The maximum atomic E-state index is 12.3. The topological polar surface area (TPSA) is 79.2 Å². The number of carbonyl (C=O) groups excluding carboxylic acids is 1. The van der Waals surface area contributed by atoms with Gasteiger partial charge in [-0.05, 0) is 30.7 Å². The lowest BCUT2D eigenvalue weighted by Crippen LogP contribution is -2.47. The van der Waals surface area contributed by atoms with Gasteiger partial charge in [0.05, 0.1) is 6.17 Å². The minimum Gasteiger partial charge on any atom is -0.338 e. The van der Waals surface area contributed by atoms with Crippen molar-refractivity contribution in [3.63, 3.8) is 0 Å². The van der Waals surface area contributed by atoms with E-state index in [9.17, 15) is 4.79 Å². The van der Waals surface area contributed by atoms with Crippen LogP contribution >= 0.6 is 0 Å². The monoisotopic (exact) mass is 316 g/mol. The molecule has 3 atom stereocenters. The smallest absolute Gasteiger partial charge is 0.242 e. The first-order chi connectivity index (χ1) is 11.2. The third kappa shape index (κ3) is 4.31. The van der Waals surface area contributed by atoms with E-state index in [1.807, 2.05) is 30.3 Å². The Labute approximate surface area is 138 Å². The Morgan fingerprint density at radius 2 is 1.78 bits per heavy atom. The Kier molecular flexibility index (Phi) is 5.65. The average molecular weight is 316 g/mol. The summed E-state index contributed by atoms with van der Waals surface area (Å²) < 4.78 is 0. The van der Waals surface area contributed by atoms with Gasteiger partial charge in [0.1, 0.15) is 6.04 Å². The summed E-state index contributed by atoms with van der Waals surface area (Å²) in [4.78, 5) is 12.3. The quantitative estimate of drug-likeness (QED) is 0.640. The highest BCUT2D eigenvalue weighted by Crippen LogP contribution is 2.28. The van der Waals surface area contributed by atoms with Crippen molar-refractivity contribution in [2.75, 3.05) is 0 Å². The second-order valence-corrected chi connectivity index (χ2v) is 6.83. The highest BCUT2D eigenvalue weighted by molar-refractivity contribution is 5.83. The molecule has 1 amide bonds. The third-order valence-electron chi connectivity index (χ3n) is 5.16. The van der Waals surface area contributed by atoms with E-state index >= 15 is 0 Å². The van der Waals surface area contributed by atoms with Crippen molar-refractivity contribution >= 4 is 5.91 Å². The van der Waals surface area contributed by atoms with Gasteiger partial charge in [-0.15, -0.1) is 0 Å². The van der Waals surface area contributed by atoms with Crippen LogP contribution in [0.25, 0.3) is 0 Å². The fourth-order valence-corrected chi connectivity index (χ4v) is 3.77. The van der Waals surface area contributed by atoms with Crippen LogP contribution in [-0.4, -0.2) is 18.1 Å². The van der Waals surface area contributed by atoms with Gasteiger partial charge in [0.25, 0.3) is 0 Å². The number of amides is 1. The molecule has 0 radical (unpaired) electrons. The Morgan fingerprint density at radius 1 is 1.09 bits per heavy atom. The van der Waals surface area contributed by atoms with E-state index < -0.39 is 6.04 Å². The zero-order chi connectivity index (χ0) is 16.1. The van der Waals surface area contributed by atoms with E-state index in [1.165, 1.54) is 38.5 Å². The number of hydrazine groups is 1. The standard InChI is InChI=1S/C18H28N4O/c19-17(14-10-6-3-7-11-14)18(23)20-16-12-15(21-22-16)13-8-4-1-2-5-9-13/h3,6-7,10-11,13,15-17,21-22H,1-2,4-5,8-9,12,19H2,(H,20,23). The summed E-state index contributed by atoms with van der Waals surface area (Å²) in [6, 6.07) is 9.34. The van der Waals surface area contributed by atoms with Gasteiger partial charge in [0, 0.05) is 6.04 Å². The molecule has 2 aliphatic rings. The normalized spacial score (nSPS) is 27.3. The summed E-state index contributed by atoms with van der Waals surface area (Å²) >= 11 is 0. The Balaban J connectivity index is 1.50. The average Bonchev–Trinajstić information content (AvgIpc) is 2.87. The minimum atomic E-state index is -0.616. The maximum Gasteiger partial charge on any atom is 0.242 e. The van der Waals surface area contributed by atoms with Crippen molar-refractivity contribution in [2.45, 2.75) is 63.2 Å². The highest BCUT2D eigenvalue weighted by Gasteiger charge is 2.32. The Morgan fingerprint density at radius 3 is 2.48 bits per heavy atom. The van der Waals surface area contributed by atoms with Crippen LogP contribution in [0.5, 0.6) is 0 Å². The van der Waals surface area contributed by atoms with Crippen molar-refractivity contribution in [1.29, 1.82) is 0 Å². The molecule has 1 saturated heterocycles. The summed E-state index contributed by atoms with van der Waals surface area (Å²) in [7, 11) is 0. The minimum absolute atomic E-state index is 0.0366. The van der Waals surface area contributed by atoms with Gasteiger partial charge in [0.2, 0.25) is 5.91 Å². The molecule has 5 nitrogen and oxygen atoms in total. The molecule has 3 unspecified atom stereocenters. The van der Waals surface area contributed by atoms with Crippen LogP contribution in [0.1, 0.15) is 56.6 Å². The third-order valence-corrected chi connectivity index (χ3v) is 5.16. The highest BCUT2D eigenvalue weighted by atomic mass is 16.2. The molecule has 1 aromatic rings. The van der Waals surface area contributed by atoms with Gasteiger partial charge in [-0.2, -0.15) is 0 Å². The molecule has 2 fully saturated rings. The van der Waals surface area contributed by atoms with Gasteiger partial charge in [-0.3, -0.25) is 10.2 Å². The number of rotatable bonds is 4. The molecule has 5 N–H and O–H groups in total. The molecule has 1 aromatic carbocycles. The molecule has 5 heteroatoms. The summed E-state index contributed by atoms with van der Waals surface area (Å²) in [6.45, 7) is 0. The molecule has 23 heavy (non-hydrogen) atoms. The van der Waals surface area contributed by atoms with Crippen LogP contribution in [0.4, 0.5) is 0 Å². The molecule has 0 spiro atoms. The lowest BCUT2D eigenvalue weighted by atomic mass is 9.90. The van der Waals surface area contributed by atoms with Gasteiger partial charge in [0.15, 0.2) is 0 Å². The number of carbonyl (C=O) groups is 1. The van der Waals surface area contributed by atoms with E-state index in [4.69, 9.17) is 5.73 Å². The first-order valence-electron chi connectivity index (χ1n) is 8.86. The first-order valence-corrected chi connectivity index (χ1v) is 8.86. The molecular formula is C18H28N4O. The second kappa shape index (κ2) is 7.90. The zero-order valence-electron chi connectivity index (χ0n) is 13.6.